The summed E-state index contributed by atoms with van der Waals surface area (Å²) in [7, 11) is 0. The highest BCUT2D eigenvalue weighted by molar-refractivity contribution is 5.21. The second-order valence-electron chi connectivity index (χ2n) is 4.58. The Labute approximate surface area is 102 Å². The fourth-order valence-electron chi connectivity index (χ4n) is 2.25. The first-order valence-corrected chi connectivity index (χ1v) is 6.06. The molecule has 2 rings (SSSR count). The summed E-state index contributed by atoms with van der Waals surface area (Å²) in [6, 6.07) is 9.57. The number of aliphatic hydroxyl groups excluding tert-OH is 1. The van der Waals surface area contributed by atoms with E-state index in [2.05, 4.69) is 0 Å². The van der Waals surface area contributed by atoms with Gasteiger partial charge in [-0.2, -0.15) is 0 Å². The van der Waals surface area contributed by atoms with E-state index in [1.165, 1.54) is 10.6 Å². The van der Waals surface area contributed by atoms with Gasteiger partial charge in [0.1, 0.15) is 0 Å². The average Bonchev–Trinajstić information content (AvgIpc) is 2.35. The zero-order valence-corrected chi connectivity index (χ0v) is 10.1. The van der Waals surface area contributed by atoms with E-state index in [9.17, 15) is 10.3 Å². The fraction of sp³-hybridized carbons (Fsp3) is 0.429. The van der Waals surface area contributed by atoms with Gasteiger partial charge >= 0.3 is 0 Å². The van der Waals surface area contributed by atoms with Crippen LogP contribution in [0.1, 0.15) is 37.9 Å². The van der Waals surface area contributed by atoms with Crippen LogP contribution >= 0.6 is 0 Å². The van der Waals surface area contributed by atoms with Crippen molar-refractivity contribution in [1.29, 1.82) is 0 Å². The summed E-state index contributed by atoms with van der Waals surface area (Å²) in [5.74, 6) is 0. The summed E-state index contributed by atoms with van der Waals surface area (Å²) < 4.78 is 0. The third kappa shape index (κ3) is 2.87. The quantitative estimate of drug-likeness (QED) is 0.843. The maximum atomic E-state index is 10.1. The molecule has 0 aliphatic carbocycles. The first kappa shape index (κ1) is 12.1. The number of allylic oxidation sites excluding steroid dienone is 1. The van der Waals surface area contributed by atoms with E-state index in [-0.39, 0.29) is 0 Å². The zero-order valence-electron chi connectivity index (χ0n) is 10.1. The Morgan fingerprint density at radius 3 is 2.65 bits per heavy atom. The number of hydrogen-bond acceptors (Lipinski definition) is 3. The van der Waals surface area contributed by atoms with E-state index < -0.39 is 6.10 Å². The van der Waals surface area contributed by atoms with Gasteiger partial charge in [0.15, 0.2) is 0 Å². The van der Waals surface area contributed by atoms with Crippen molar-refractivity contribution >= 4 is 0 Å². The van der Waals surface area contributed by atoms with E-state index in [0.717, 1.165) is 24.1 Å². The Morgan fingerprint density at radius 2 is 2.00 bits per heavy atom. The molecule has 92 valence electrons. The van der Waals surface area contributed by atoms with Crippen molar-refractivity contribution in [3.63, 3.8) is 0 Å². The number of benzene rings is 1. The molecule has 1 aromatic rings. The molecule has 0 radical (unpaired) electrons. The van der Waals surface area contributed by atoms with Crippen LogP contribution in [0.15, 0.2) is 41.6 Å². The molecular weight excluding hydrogens is 214 g/mol. The Bertz CT molecular complexity index is 400. The predicted octanol–water partition coefficient (Wildman–Crippen LogP) is 2.87. The second kappa shape index (κ2) is 5.34. The van der Waals surface area contributed by atoms with E-state index in [1.54, 1.807) is 0 Å². The molecule has 1 atom stereocenters. The molecule has 3 heteroatoms. The number of hydroxylamine groups is 2. The topological polar surface area (TPSA) is 43.7 Å². The van der Waals surface area contributed by atoms with E-state index in [4.69, 9.17) is 0 Å². The maximum absolute atomic E-state index is 10.1. The average molecular weight is 233 g/mol. The van der Waals surface area contributed by atoms with Gasteiger partial charge < -0.3 is 5.11 Å². The smallest absolute Gasteiger partial charge is 0.0845 e. The summed E-state index contributed by atoms with van der Waals surface area (Å²) in [6.07, 6.45) is 1.92. The van der Waals surface area contributed by atoms with Crippen molar-refractivity contribution in [2.45, 2.75) is 32.3 Å². The second-order valence-corrected chi connectivity index (χ2v) is 4.58. The van der Waals surface area contributed by atoms with Crippen LogP contribution in [0.5, 0.6) is 0 Å². The standard InChI is InChI=1S/C14H19NO2/c1-11-6-5-9-15(17)13(11)10-14(16)12-7-3-2-4-8-12/h2-4,7-8,14,16-17H,5-6,9-10H2,1H3. The monoisotopic (exact) mass is 233 g/mol. The molecule has 0 fully saturated rings. The predicted molar refractivity (Wildman–Crippen MR) is 66.4 cm³/mol. The highest BCUT2D eigenvalue weighted by Crippen LogP contribution is 2.28. The Kier molecular flexibility index (Phi) is 3.82. The molecule has 0 aromatic heterocycles. The highest BCUT2D eigenvalue weighted by atomic mass is 16.5. The minimum atomic E-state index is -0.547. The van der Waals surface area contributed by atoms with Crippen molar-refractivity contribution in [3.8, 4) is 0 Å². The van der Waals surface area contributed by atoms with Crippen LogP contribution in [0.2, 0.25) is 0 Å². The van der Waals surface area contributed by atoms with Crippen LogP contribution in [-0.4, -0.2) is 21.9 Å². The van der Waals surface area contributed by atoms with Gasteiger partial charge in [-0.15, -0.1) is 0 Å². The van der Waals surface area contributed by atoms with Crippen molar-refractivity contribution in [2.75, 3.05) is 6.54 Å². The van der Waals surface area contributed by atoms with Gasteiger partial charge in [-0.3, -0.25) is 10.3 Å². The minimum Gasteiger partial charge on any atom is -0.388 e. The number of nitrogens with zero attached hydrogens (tertiary/aromatic N) is 1. The Morgan fingerprint density at radius 1 is 1.29 bits per heavy atom. The SMILES string of the molecule is CC1=C(CC(O)c2ccccc2)N(O)CCC1. The number of hydrogen-bond donors (Lipinski definition) is 2. The molecule has 0 spiro atoms. The van der Waals surface area contributed by atoms with E-state index in [1.807, 2.05) is 37.3 Å². The lowest BCUT2D eigenvalue weighted by Gasteiger charge is -2.28. The van der Waals surface area contributed by atoms with Crippen LogP contribution < -0.4 is 0 Å². The molecular formula is C14H19NO2. The highest BCUT2D eigenvalue weighted by Gasteiger charge is 2.19. The Balaban J connectivity index is 2.10. The molecule has 0 saturated heterocycles. The lowest BCUT2D eigenvalue weighted by molar-refractivity contribution is -0.0701. The molecule has 1 unspecified atom stereocenters. The zero-order chi connectivity index (χ0) is 12.3. The van der Waals surface area contributed by atoms with Crippen molar-refractivity contribution in [3.05, 3.63) is 47.2 Å². The molecule has 1 aromatic carbocycles. The van der Waals surface area contributed by atoms with Crippen LogP contribution in [-0.2, 0) is 0 Å². The lowest BCUT2D eigenvalue weighted by atomic mass is 9.98. The molecule has 0 amide bonds. The van der Waals surface area contributed by atoms with Gasteiger partial charge in [0.05, 0.1) is 6.10 Å². The van der Waals surface area contributed by atoms with Gasteiger partial charge in [-0.1, -0.05) is 35.9 Å². The van der Waals surface area contributed by atoms with Crippen molar-refractivity contribution < 1.29 is 10.3 Å². The molecule has 1 aliphatic rings. The Hall–Kier alpha value is -1.32. The summed E-state index contributed by atoms with van der Waals surface area (Å²) in [5.41, 5.74) is 2.94. The molecule has 1 aliphatic heterocycles. The van der Waals surface area contributed by atoms with Gasteiger partial charge in [0, 0.05) is 18.7 Å². The van der Waals surface area contributed by atoms with Gasteiger partial charge in [-0.25, -0.2) is 0 Å². The third-order valence-electron chi connectivity index (χ3n) is 3.30. The molecule has 0 bridgehead atoms. The minimum absolute atomic E-state index is 0.479. The fourth-order valence-corrected chi connectivity index (χ4v) is 2.25. The van der Waals surface area contributed by atoms with Crippen molar-refractivity contribution in [1.82, 2.24) is 5.06 Å². The lowest BCUT2D eigenvalue weighted by Crippen LogP contribution is -2.26. The van der Waals surface area contributed by atoms with Crippen LogP contribution in [0.4, 0.5) is 0 Å². The number of rotatable bonds is 3. The number of aliphatic hydroxyl groups is 1. The van der Waals surface area contributed by atoms with E-state index >= 15 is 0 Å². The summed E-state index contributed by atoms with van der Waals surface area (Å²) in [6.45, 7) is 2.68. The third-order valence-corrected chi connectivity index (χ3v) is 3.30. The molecule has 17 heavy (non-hydrogen) atoms. The van der Waals surface area contributed by atoms with Crippen LogP contribution in [0.25, 0.3) is 0 Å². The normalized spacial score (nSPS) is 18.4. The molecule has 2 N–H and O–H groups in total. The first-order chi connectivity index (χ1) is 8.18. The van der Waals surface area contributed by atoms with Gasteiger partial charge in [0.25, 0.3) is 0 Å². The first-order valence-electron chi connectivity index (χ1n) is 6.06. The van der Waals surface area contributed by atoms with Gasteiger partial charge in [-0.05, 0) is 25.3 Å². The largest absolute Gasteiger partial charge is 0.388 e. The summed E-state index contributed by atoms with van der Waals surface area (Å²) >= 11 is 0. The molecule has 3 nitrogen and oxygen atoms in total. The molecule has 1 heterocycles. The summed E-state index contributed by atoms with van der Waals surface area (Å²) in [4.78, 5) is 0. The summed E-state index contributed by atoms with van der Waals surface area (Å²) in [5, 5.41) is 21.2. The van der Waals surface area contributed by atoms with Crippen LogP contribution in [0, 0.1) is 0 Å². The van der Waals surface area contributed by atoms with E-state index in [0.29, 0.717) is 13.0 Å². The van der Waals surface area contributed by atoms with Crippen LogP contribution in [0.3, 0.4) is 0 Å². The van der Waals surface area contributed by atoms with Gasteiger partial charge in [0.2, 0.25) is 0 Å². The maximum Gasteiger partial charge on any atom is 0.0845 e. The van der Waals surface area contributed by atoms with Crippen molar-refractivity contribution in [2.24, 2.45) is 0 Å². The molecule has 0 saturated carbocycles.